The van der Waals surface area contributed by atoms with Crippen molar-refractivity contribution in [3.8, 4) is 5.75 Å². The second-order valence-electron chi connectivity index (χ2n) is 4.02. The molecular formula is C17H17ClO2. The highest BCUT2D eigenvalue weighted by molar-refractivity contribution is 6.30. The summed E-state index contributed by atoms with van der Waals surface area (Å²) in [5.41, 5.74) is 2.46. The molecule has 0 heterocycles. The maximum atomic E-state index is 10.9. The van der Waals surface area contributed by atoms with Crippen molar-refractivity contribution in [3.05, 3.63) is 77.3 Å². The number of carbonyl (C=O) groups is 1. The number of carbonyl (C=O) groups excluding carboxylic acids is 1. The van der Waals surface area contributed by atoms with Gasteiger partial charge in [0.1, 0.15) is 18.6 Å². The van der Waals surface area contributed by atoms with E-state index < -0.39 is 0 Å². The van der Waals surface area contributed by atoms with E-state index in [1.54, 1.807) is 18.2 Å². The summed E-state index contributed by atoms with van der Waals surface area (Å²) in [7, 11) is 0. The molecule has 0 aliphatic carbocycles. The summed E-state index contributed by atoms with van der Waals surface area (Å²) in [6.45, 7) is 8.31. The van der Waals surface area contributed by atoms with Gasteiger partial charge < -0.3 is 4.74 Å². The largest absolute Gasteiger partial charge is 0.489 e. The highest BCUT2D eigenvalue weighted by Crippen LogP contribution is 2.20. The number of hydrogen-bond donors (Lipinski definition) is 0. The summed E-state index contributed by atoms with van der Waals surface area (Å²) >= 11 is 5.92. The van der Waals surface area contributed by atoms with Gasteiger partial charge in [0.25, 0.3) is 0 Å². The highest BCUT2D eigenvalue weighted by atomic mass is 35.5. The van der Waals surface area contributed by atoms with Gasteiger partial charge in [-0.15, -0.1) is 13.2 Å². The number of aryl methyl sites for hydroxylation is 1. The van der Waals surface area contributed by atoms with Crippen LogP contribution in [0.3, 0.4) is 0 Å². The molecule has 3 heteroatoms. The Morgan fingerprint density at radius 3 is 2.55 bits per heavy atom. The molecule has 2 aromatic carbocycles. The molecule has 0 N–H and O–H groups in total. The van der Waals surface area contributed by atoms with Crippen molar-refractivity contribution in [3.63, 3.8) is 0 Å². The fourth-order valence-electron chi connectivity index (χ4n) is 1.69. The highest BCUT2D eigenvalue weighted by Gasteiger charge is 2.05. The molecule has 0 spiro atoms. The minimum atomic E-state index is 0.333. The molecule has 0 fully saturated rings. The van der Waals surface area contributed by atoms with Crippen LogP contribution in [0.25, 0.3) is 0 Å². The molecule has 0 atom stereocenters. The molecular weight excluding hydrogens is 272 g/mol. The Kier molecular flexibility index (Phi) is 6.54. The third-order valence-corrected chi connectivity index (χ3v) is 2.94. The van der Waals surface area contributed by atoms with Crippen molar-refractivity contribution in [2.45, 2.75) is 13.5 Å². The van der Waals surface area contributed by atoms with Crippen molar-refractivity contribution in [1.82, 2.24) is 0 Å². The van der Waals surface area contributed by atoms with Crippen LogP contribution in [-0.2, 0) is 6.61 Å². The van der Waals surface area contributed by atoms with Gasteiger partial charge in [-0.25, -0.2) is 0 Å². The van der Waals surface area contributed by atoms with Gasteiger partial charge in [0, 0.05) is 16.1 Å². The molecule has 0 aliphatic heterocycles. The number of para-hydroxylation sites is 1. The molecule has 0 aliphatic rings. The first-order chi connectivity index (χ1) is 9.70. The van der Waals surface area contributed by atoms with E-state index in [0.29, 0.717) is 17.2 Å². The van der Waals surface area contributed by atoms with Crippen molar-refractivity contribution >= 4 is 17.9 Å². The number of halogens is 1. The van der Waals surface area contributed by atoms with Crippen LogP contribution in [0.2, 0.25) is 5.02 Å². The van der Waals surface area contributed by atoms with Gasteiger partial charge in [-0.3, -0.25) is 4.79 Å². The van der Waals surface area contributed by atoms with E-state index in [9.17, 15) is 4.79 Å². The van der Waals surface area contributed by atoms with Crippen LogP contribution in [0.15, 0.2) is 55.6 Å². The van der Waals surface area contributed by atoms with Gasteiger partial charge in [0.15, 0.2) is 0 Å². The minimum absolute atomic E-state index is 0.333. The summed E-state index contributed by atoms with van der Waals surface area (Å²) in [6.07, 6.45) is 0.812. The Morgan fingerprint density at radius 1 is 1.20 bits per heavy atom. The monoisotopic (exact) mass is 288 g/mol. The lowest BCUT2D eigenvalue weighted by Crippen LogP contribution is -2.00. The summed E-state index contributed by atoms with van der Waals surface area (Å²) in [6, 6.07) is 12.9. The number of aldehydes is 1. The lowest BCUT2D eigenvalue weighted by molar-refractivity contribution is 0.112. The van der Waals surface area contributed by atoms with E-state index in [4.69, 9.17) is 16.3 Å². The lowest BCUT2D eigenvalue weighted by Gasteiger charge is -2.10. The smallest absolute Gasteiger partial charge is 0.150 e. The maximum absolute atomic E-state index is 10.9. The Morgan fingerprint density at radius 2 is 1.90 bits per heavy atom. The SMILES string of the molecule is C=C.Cc1ccccc1OCc1cc(Cl)ccc1C=O. The van der Waals surface area contributed by atoms with E-state index in [1.165, 1.54) is 0 Å². The van der Waals surface area contributed by atoms with Gasteiger partial charge in [0.05, 0.1) is 0 Å². The maximum Gasteiger partial charge on any atom is 0.150 e. The van der Waals surface area contributed by atoms with Gasteiger partial charge >= 0.3 is 0 Å². The molecule has 0 aromatic heterocycles. The average Bonchev–Trinajstić information content (AvgIpc) is 2.49. The summed E-state index contributed by atoms with van der Waals surface area (Å²) < 4.78 is 5.70. The normalized spacial score (nSPS) is 9.30. The van der Waals surface area contributed by atoms with E-state index in [-0.39, 0.29) is 0 Å². The predicted molar refractivity (Wildman–Crippen MR) is 83.6 cm³/mol. The third-order valence-electron chi connectivity index (χ3n) is 2.71. The molecule has 0 saturated heterocycles. The van der Waals surface area contributed by atoms with Gasteiger partial charge in [-0.2, -0.15) is 0 Å². The van der Waals surface area contributed by atoms with Crippen LogP contribution >= 0.6 is 11.6 Å². The molecule has 0 unspecified atom stereocenters. The number of hydrogen-bond acceptors (Lipinski definition) is 2. The lowest BCUT2D eigenvalue weighted by atomic mass is 10.1. The second-order valence-corrected chi connectivity index (χ2v) is 4.45. The zero-order chi connectivity index (χ0) is 15.0. The van der Waals surface area contributed by atoms with Crippen LogP contribution in [0.1, 0.15) is 21.5 Å². The van der Waals surface area contributed by atoms with E-state index in [0.717, 1.165) is 23.2 Å². The molecule has 0 amide bonds. The molecule has 104 valence electrons. The number of rotatable bonds is 4. The molecule has 2 aromatic rings. The summed E-state index contributed by atoms with van der Waals surface area (Å²) in [5.74, 6) is 0.814. The van der Waals surface area contributed by atoms with Crippen LogP contribution in [0, 0.1) is 6.92 Å². The van der Waals surface area contributed by atoms with Crippen LogP contribution < -0.4 is 4.74 Å². The molecule has 0 saturated carbocycles. The van der Waals surface area contributed by atoms with Crippen LogP contribution in [-0.4, -0.2) is 6.29 Å². The van der Waals surface area contributed by atoms with E-state index in [2.05, 4.69) is 13.2 Å². The first-order valence-electron chi connectivity index (χ1n) is 6.13. The van der Waals surface area contributed by atoms with Gasteiger partial charge in [-0.05, 0) is 36.8 Å². The zero-order valence-corrected chi connectivity index (χ0v) is 12.2. The Hall–Kier alpha value is -2.06. The Labute approximate surface area is 124 Å². The Bertz CT molecular complexity index is 579. The summed E-state index contributed by atoms with van der Waals surface area (Å²) in [5, 5.41) is 0.601. The van der Waals surface area contributed by atoms with E-state index in [1.807, 2.05) is 31.2 Å². The van der Waals surface area contributed by atoms with Gasteiger partial charge in [0.2, 0.25) is 0 Å². The first-order valence-corrected chi connectivity index (χ1v) is 6.50. The van der Waals surface area contributed by atoms with Crippen molar-refractivity contribution in [1.29, 1.82) is 0 Å². The average molecular weight is 289 g/mol. The standard InChI is InChI=1S/C15H13ClO2.C2H4/c1-11-4-2-3-5-15(11)18-10-13-8-14(16)7-6-12(13)9-17;1-2/h2-9H,10H2,1H3;1-2H2. The van der Waals surface area contributed by atoms with Crippen LogP contribution in [0.5, 0.6) is 5.75 Å². The quantitative estimate of drug-likeness (QED) is 0.594. The number of benzene rings is 2. The molecule has 2 nitrogen and oxygen atoms in total. The van der Waals surface area contributed by atoms with Crippen molar-refractivity contribution < 1.29 is 9.53 Å². The summed E-state index contributed by atoms with van der Waals surface area (Å²) in [4.78, 5) is 10.9. The minimum Gasteiger partial charge on any atom is -0.489 e. The topological polar surface area (TPSA) is 26.3 Å². The molecule has 0 bridgehead atoms. The molecule has 0 radical (unpaired) electrons. The molecule has 20 heavy (non-hydrogen) atoms. The number of ether oxygens (including phenoxy) is 1. The fraction of sp³-hybridized carbons (Fsp3) is 0.118. The van der Waals surface area contributed by atoms with Crippen molar-refractivity contribution in [2.24, 2.45) is 0 Å². The third kappa shape index (κ3) is 4.25. The first kappa shape index (κ1) is 16.0. The van der Waals surface area contributed by atoms with E-state index >= 15 is 0 Å². The molecule has 2 rings (SSSR count). The second kappa shape index (κ2) is 8.18. The zero-order valence-electron chi connectivity index (χ0n) is 11.4. The Balaban J connectivity index is 0.000000956. The predicted octanol–water partition coefficient (Wildman–Crippen LogP) is 4.84. The fourth-order valence-corrected chi connectivity index (χ4v) is 1.88. The van der Waals surface area contributed by atoms with Gasteiger partial charge in [-0.1, -0.05) is 29.8 Å². The van der Waals surface area contributed by atoms with Crippen LogP contribution in [0.4, 0.5) is 0 Å². The van der Waals surface area contributed by atoms with Crippen molar-refractivity contribution in [2.75, 3.05) is 0 Å².